The molecule has 0 spiro atoms. The lowest BCUT2D eigenvalue weighted by Crippen LogP contribution is -2.45. The van der Waals surface area contributed by atoms with E-state index in [4.69, 9.17) is 4.74 Å². The lowest BCUT2D eigenvalue weighted by Gasteiger charge is -2.35. The summed E-state index contributed by atoms with van der Waals surface area (Å²) in [6, 6.07) is 6.17. The molecule has 0 N–H and O–H groups in total. The first-order valence-corrected chi connectivity index (χ1v) is 8.10. The number of piperazine rings is 1. The second-order valence-corrected chi connectivity index (χ2v) is 6.05. The summed E-state index contributed by atoms with van der Waals surface area (Å²) in [7, 11) is 2.12. The number of anilines is 1. The molecule has 0 amide bonds. The Morgan fingerprint density at radius 3 is 2.70 bits per heavy atom. The number of aryl methyl sites for hydroxylation is 1. The first-order valence-electron chi connectivity index (χ1n) is 8.10. The van der Waals surface area contributed by atoms with Gasteiger partial charge in [0, 0.05) is 37.8 Å². The summed E-state index contributed by atoms with van der Waals surface area (Å²) in [5, 5.41) is 1.03. The molecule has 0 unspecified atom stereocenters. The number of carbonyl (C=O) groups excluding carboxylic acids is 1. The van der Waals surface area contributed by atoms with Crippen molar-refractivity contribution in [3.8, 4) is 0 Å². The highest BCUT2D eigenvalue weighted by Crippen LogP contribution is 2.31. The van der Waals surface area contributed by atoms with Gasteiger partial charge in [0.2, 0.25) is 0 Å². The van der Waals surface area contributed by atoms with Crippen LogP contribution in [-0.4, -0.2) is 55.7 Å². The maximum absolute atomic E-state index is 12.4. The SMILES string of the molecule is CCOC(=O)c1cnc2ccc(C)cc2c1N1CCN(C)CC1. The first kappa shape index (κ1) is 15.7. The summed E-state index contributed by atoms with van der Waals surface area (Å²) in [5.74, 6) is -0.294. The van der Waals surface area contributed by atoms with Crippen LogP contribution in [0.25, 0.3) is 10.9 Å². The van der Waals surface area contributed by atoms with Gasteiger partial charge in [0.1, 0.15) is 5.56 Å². The normalized spacial score (nSPS) is 15.9. The van der Waals surface area contributed by atoms with E-state index in [2.05, 4.69) is 34.8 Å². The van der Waals surface area contributed by atoms with Gasteiger partial charge >= 0.3 is 5.97 Å². The van der Waals surface area contributed by atoms with E-state index in [1.54, 1.807) is 6.20 Å². The van der Waals surface area contributed by atoms with Crippen molar-refractivity contribution >= 4 is 22.6 Å². The highest BCUT2D eigenvalue weighted by molar-refractivity contribution is 6.05. The van der Waals surface area contributed by atoms with Gasteiger partial charge in [0.25, 0.3) is 0 Å². The molecule has 1 fully saturated rings. The van der Waals surface area contributed by atoms with Crippen LogP contribution in [0.2, 0.25) is 0 Å². The van der Waals surface area contributed by atoms with E-state index in [0.29, 0.717) is 12.2 Å². The van der Waals surface area contributed by atoms with E-state index in [-0.39, 0.29) is 5.97 Å². The number of likely N-dealkylation sites (N-methyl/N-ethyl adjacent to an activating group) is 1. The number of fused-ring (bicyclic) bond motifs is 1. The second kappa shape index (κ2) is 6.54. The molecule has 0 aliphatic carbocycles. The number of hydrogen-bond donors (Lipinski definition) is 0. The van der Waals surface area contributed by atoms with Crippen molar-refractivity contribution < 1.29 is 9.53 Å². The summed E-state index contributed by atoms with van der Waals surface area (Å²) in [6.07, 6.45) is 1.66. The molecule has 2 aromatic rings. The zero-order chi connectivity index (χ0) is 16.4. The van der Waals surface area contributed by atoms with E-state index >= 15 is 0 Å². The van der Waals surface area contributed by atoms with E-state index < -0.39 is 0 Å². The lowest BCUT2D eigenvalue weighted by molar-refractivity contribution is 0.0526. The Bertz CT molecular complexity index is 722. The molecule has 1 aromatic carbocycles. The quantitative estimate of drug-likeness (QED) is 0.815. The average Bonchev–Trinajstić information content (AvgIpc) is 2.55. The van der Waals surface area contributed by atoms with Gasteiger partial charge in [-0.25, -0.2) is 4.79 Å². The van der Waals surface area contributed by atoms with Gasteiger partial charge in [-0.1, -0.05) is 11.6 Å². The minimum Gasteiger partial charge on any atom is -0.462 e. The highest BCUT2D eigenvalue weighted by atomic mass is 16.5. The third kappa shape index (κ3) is 3.15. The van der Waals surface area contributed by atoms with Crippen molar-refractivity contribution in [2.45, 2.75) is 13.8 Å². The topological polar surface area (TPSA) is 45.7 Å². The third-order valence-electron chi connectivity index (χ3n) is 4.31. The minimum absolute atomic E-state index is 0.294. The maximum atomic E-state index is 12.4. The average molecular weight is 313 g/mol. The molecular weight excluding hydrogens is 290 g/mol. The molecule has 122 valence electrons. The third-order valence-corrected chi connectivity index (χ3v) is 4.31. The molecule has 0 radical (unpaired) electrons. The van der Waals surface area contributed by atoms with Gasteiger partial charge in [-0.2, -0.15) is 0 Å². The van der Waals surface area contributed by atoms with Crippen molar-refractivity contribution in [1.29, 1.82) is 0 Å². The van der Waals surface area contributed by atoms with Crippen molar-refractivity contribution in [2.24, 2.45) is 0 Å². The van der Waals surface area contributed by atoms with E-state index in [9.17, 15) is 4.79 Å². The predicted molar refractivity (Wildman–Crippen MR) is 92.1 cm³/mol. The summed E-state index contributed by atoms with van der Waals surface area (Å²) in [5.41, 5.74) is 3.60. The van der Waals surface area contributed by atoms with Gasteiger partial charge in [-0.15, -0.1) is 0 Å². The van der Waals surface area contributed by atoms with Gasteiger partial charge in [0.15, 0.2) is 0 Å². The van der Waals surface area contributed by atoms with Crippen molar-refractivity contribution in [3.05, 3.63) is 35.5 Å². The number of ether oxygens (including phenoxy) is 1. The van der Waals surface area contributed by atoms with Crippen LogP contribution in [0.5, 0.6) is 0 Å². The molecule has 5 heteroatoms. The van der Waals surface area contributed by atoms with Gasteiger partial charge in [-0.3, -0.25) is 4.98 Å². The fourth-order valence-corrected chi connectivity index (χ4v) is 3.02. The molecule has 0 bridgehead atoms. The summed E-state index contributed by atoms with van der Waals surface area (Å²) in [6.45, 7) is 8.02. The Balaban J connectivity index is 2.14. The molecule has 0 saturated carbocycles. The van der Waals surface area contributed by atoms with Gasteiger partial charge in [-0.05, 0) is 33.0 Å². The van der Waals surface area contributed by atoms with Crippen LogP contribution in [0.3, 0.4) is 0 Å². The fourth-order valence-electron chi connectivity index (χ4n) is 3.02. The number of aromatic nitrogens is 1. The summed E-state index contributed by atoms with van der Waals surface area (Å²) >= 11 is 0. The van der Waals surface area contributed by atoms with Gasteiger partial charge < -0.3 is 14.5 Å². The smallest absolute Gasteiger partial charge is 0.341 e. The summed E-state index contributed by atoms with van der Waals surface area (Å²) in [4.78, 5) is 21.4. The largest absolute Gasteiger partial charge is 0.462 e. The van der Waals surface area contributed by atoms with Crippen molar-refractivity contribution in [1.82, 2.24) is 9.88 Å². The number of carbonyl (C=O) groups is 1. The molecule has 23 heavy (non-hydrogen) atoms. The van der Waals surface area contributed by atoms with Crippen LogP contribution in [-0.2, 0) is 4.74 Å². The van der Waals surface area contributed by atoms with E-state index in [1.807, 2.05) is 19.1 Å². The molecule has 1 saturated heterocycles. The molecule has 3 rings (SSSR count). The van der Waals surface area contributed by atoms with E-state index in [0.717, 1.165) is 48.3 Å². The second-order valence-electron chi connectivity index (χ2n) is 6.05. The standard InChI is InChI=1S/C18H23N3O2/c1-4-23-18(22)15-12-19-16-6-5-13(2)11-14(16)17(15)21-9-7-20(3)8-10-21/h5-6,11-12H,4,7-10H2,1-3H3. The predicted octanol–water partition coefficient (Wildman–Crippen LogP) is 2.47. The molecule has 1 aliphatic rings. The molecular formula is C18H23N3O2. The van der Waals surface area contributed by atoms with Crippen LogP contribution >= 0.6 is 0 Å². The number of hydrogen-bond acceptors (Lipinski definition) is 5. The Labute approximate surface area is 136 Å². The highest BCUT2D eigenvalue weighted by Gasteiger charge is 2.24. The van der Waals surface area contributed by atoms with Crippen molar-refractivity contribution in [3.63, 3.8) is 0 Å². The fraction of sp³-hybridized carbons (Fsp3) is 0.444. The van der Waals surface area contributed by atoms with E-state index in [1.165, 1.54) is 0 Å². The monoisotopic (exact) mass is 313 g/mol. The summed E-state index contributed by atoms with van der Waals surface area (Å²) < 4.78 is 5.24. The Morgan fingerprint density at radius 2 is 2.00 bits per heavy atom. The Kier molecular flexibility index (Phi) is 4.48. The van der Waals surface area contributed by atoms with Crippen LogP contribution in [0, 0.1) is 6.92 Å². The Morgan fingerprint density at radius 1 is 1.26 bits per heavy atom. The lowest BCUT2D eigenvalue weighted by atomic mass is 10.0. The molecule has 0 atom stereocenters. The molecule has 5 nitrogen and oxygen atoms in total. The number of nitrogens with zero attached hydrogens (tertiary/aromatic N) is 3. The maximum Gasteiger partial charge on any atom is 0.341 e. The number of pyridine rings is 1. The number of rotatable bonds is 3. The zero-order valence-corrected chi connectivity index (χ0v) is 14.0. The first-order chi connectivity index (χ1) is 11.1. The molecule has 1 aliphatic heterocycles. The zero-order valence-electron chi connectivity index (χ0n) is 14.0. The Hall–Kier alpha value is -2.14. The van der Waals surface area contributed by atoms with Crippen molar-refractivity contribution in [2.75, 3.05) is 44.7 Å². The van der Waals surface area contributed by atoms with Crippen LogP contribution in [0.1, 0.15) is 22.8 Å². The molecule has 1 aromatic heterocycles. The van der Waals surface area contributed by atoms with Crippen LogP contribution in [0.4, 0.5) is 5.69 Å². The van der Waals surface area contributed by atoms with Gasteiger partial charge in [0.05, 0.1) is 17.8 Å². The number of esters is 1. The van der Waals surface area contributed by atoms with Crippen LogP contribution < -0.4 is 4.90 Å². The molecule has 2 heterocycles. The number of benzene rings is 1. The minimum atomic E-state index is -0.294. The van der Waals surface area contributed by atoms with Crippen LogP contribution in [0.15, 0.2) is 24.4 Å².